The van der Waals surface area contributed by atoms with E-state index in [-0.39, 0.29) is 22.4 Å². The molecule has 1 aliphatic heterocycles. The van der Waals surface area contributed by atoms with E-state index in [2.05, 4.69) is 17.1 Å². The van der Waals surface area contributed by atoms with E-state index in [0.717, 1.165) is 44.6 Å². The van der Waals surface area contributed by atoms with E-state index in [0.29, 0.717) is 0 Å². The molecule has 1 fully saturated rings. The number of benzene rings is 1. The molecule has 0 saturated carbocycles. The van der Waals surface area contributed by atoms with Crippen molar-refractivity contribution in [3.63, 3.8) is 0 Å². The zero-order valence-corrected chi connectivity index (χ0v) is 12.0. The summed E-state index contributed by atoms with van der Waals surface area (Å²) in [7, 11) is 0. The molecule has 1 saturated heterocycles. The predicted molar refractivity (Wildman–Crippen MR) is 76.8 cm³/mol. The summed E-state index contributed by atoms with van der Waals surface area (Å²) in [5.74, 6) is -0.650. The zero-order chi connectivity index (χ0) is 14.7. The number of nitrogens with one attached hydrogen (secondary N) is 1. The van der Waals surface area contributed by atoms with E-state index in [1.54, 1.807) is 0 Å². The molecule has 1 heterocycles. The van der Waals surface area contributed by atoms with Crippen molar-refractivity contribution < 1.29 is 9.31 Å². The Labute approximate surface area is 121 Å². The topological polar surface area (TPSA) is 58.4 Å². The SMILES string of the molecule is CCN1CCCC(Nc2cc(F)c(Cl)cc2[N+](=O)[O-])C1. The van der Waals surface area contributed by atoms with Crippen molar-refractivity contribution in [2.45, 2.75) is 25.8 Å². The molecule has 0 amide bonds. The van der Waals surface area contributed by atoms with Gasteiger partial charge in [-0.25, -0.2) is 4.39 Å². The average Bonchev–Trinajstić information content (AvgIpc) is 2.42. The summed E-state index contributed by atoms with van der Waals surface area (Å²) in [5.41, 5.74) is 0.00451. The molecule has 1 atom stereocenters. The lowest BCUT2D eigenvalue weighted by Crippen LogP contribution is -2.41. The number of likely N-dealkylation sites (N-methyl/N-ethyl adjacent to an activating group) is 1. The van der Waals surface area contributed by atoms with Crippen LogP contribution in [-0.4, -0.2) is 35.5 Å². The largest absolute Gasteiger partial charge is 0.375 e. The number of nitro benzene ring substituents is 1. The Hall–Kier alpha value is -1.40. The fourth-order valence-electron chi connectivity index (χ4n) is 2.48. The van der Waals surface area contributed by atoms with Gasteiger partial charge in [0.05, 0.1) is 9.95 Å². The van der Waals surface area contributed by atoms with E-state index in [9.17, 15) is 14.5 Å². The van der Waals surface area contributed by atoms with Gasteiger partial charge in [0.25, 0.3) is 5.69 Å². The molecule has 1 unspecified atom stereocenters. The molecule has 0 bridgehead atoms. The summed E-state index contributed by atoms with van der Waals surface area (Å²) >= 11 is 5.60. The molecule has 2 rings (SSSR count). The Morgan fingerprint density at radius 2 is 2.35 bits per heavy atom. The maximum atomic E-state index is 13.5. The van der Waals surface area contributed by atoms with Gasteiger partial charge >= 0.3 is 0 Å². The van der Waals surface area contributed by atoms with Crippen LogP contribution in [0.4, 0.5) is 15.8 Å². The first-order valence-corrected chi connectivity index (χ1v) is 7.01. The van der Waals surface area contributed by atoms with Gasteiger partial charge in [-0.3, -0.25) is 10.1 Å². The van der Waals surface area contributed by atoms with E-state index < -0.39 is 10.7 Å². The van der Waals surface area contributed by atoms with Crippen LogP contribution < -0.4 is 5.32 Å². The number of anilines is 1. The average molecular weight is 302 g/mol. The summed E-state index contributed by atoms with van der Waals surface area (Å²) in [6.45, 7) is 4.85. The van der Waals surface area contributed by atoms with Crippen LogP contribution in [0.3, 0.4) is 0 Å². The van der Waals surface area contributed by atoms with Crippen molar-refractivity contribution in [2.24, 2.45) is 0 Å². The lowest BCUT2D eigenvalue weighted by Gasteiger charge is -2.32. The van der Waals surface area contributed by atoms with Crippen LogP contribution in [-0.2, 0) is 0 Å². The van der Waals surface area contributed by atoms with Gasteiger partial charge in [-0.2, -0.15) is 0 Å². The summed E-state index contributed by atoms with van der Waals surface area (Å²) in [5, 5.41) is 13.9. The van der Waals surface area contributed by atoms with E-state index in [4.69, 9.17) is 11.6 Å². The standard InChI is InChI=1S/C13H17ClFN3O2/c1-2-17-5-3-4-9(8-17)16-12-7-11(15)10(14)6-13(12)18(19)20/h6-7,9,16H,2-5,8H2,1H3. The van der Waals surface area contributed by atoms with Crippen LogP contribution in [0.5, 0.6) is 0 Å². The number of nitrogens with zero attached hydrogens (tertiary/aromatic N) is 2. The fourth-order valence-corrected chi connectivity index (χ4v) is 2.64. The van der Waals surface area contributed by atoms with Crippen LogP contribution in [0, 0.1) is 15.9 Å². The van der Waals surface area contributed by atoms with Gasteiger partial charge in [-0.15, -0.1) is 0 Å². The first kappa shape index (κ1) is 15.0. The zero-order valence-electron chi connectivity index (χ0n) is 11.2. The third-order valence-electron chi connectivity index (χ3n) is 3.55. The maximum Gasteiger partial charge on any atom is 0.294 e. The van der Waals surface area contributed by atoms with Crippen LogP contribution >= 0.6 is 11.6 Å². The number of halogens is 2. The molecule has 0 aliphatic carbocycles. The lowest BCUT2D eigenvalue weighted by atomic mass is 10.1. The van der Waals surface area contributed by atoms with Gasteiger partial charge in [0.2, 0.25) is 0 Å². The normalized spacial score (nSPS) is 19.9. The van der Waals surface area contributed by atoms with Gasteiger partial charge < -0.3 is 10.2 Å². The monoisotopic (exact) mass is 301 g/mol. The van der Waals surface area contributed by atoms with Gasteiger partial charge in [0.1, 0.15) is 11.5 Å². The van der Waals surface area contributed by atoms with Crippen molar-refractivity contribution in [3.8, 4) is 0 Å². The van der Waals surface area contributed by atoms with Crippen LogP contribution in [0.15, 0.2) is 12.1 Å². The predicted octanol–water partition coefficient (Wildman–Crippen LogP) is 3.28. The van der Waals surface area contributed by atoms with E-state index in [1.807, 2.05) is 0 Å². The second-order valence-electron chi connectivity index (χ2n) is 4.92. The van der Waals surface area contributed by atoms with E-state index >= 15 is 0 Å². The molecule has 110 valence electrons. The molecule has 1 aromatic rings. The minimum absolute atomic E-state index is 0.0861. The first-order chi connectivity index (χ1) is 9.51. The highest BCUT2D eigenvalue weighted by molar-refractivity contribution is 6.31. The minimum atomic E-state index is -0.650. The summed E-state index contributed by atoms with van der Waals surface area (Å²) < 4.78 is 13.5. The van der Waals surface area contributed by atoms with Gasteiger partial charge in [-0.1, -0.05) is 18.5 Å². The number of likely N-dealkylation sites (tertiary alicyclic amines) is 1. The lowest BCUT2D eigenvalue weighted by molar-refractivity contribution is -0.384. The van der Waals surface area contributed by atoms with Gasteiger partial charge in [0.15, 0.2) is 0 Å². The molecule has 20 heavy (non-hydrogen) atoms. The fraction of sp³-hybridized carbons (Fsp3) is 0.538. The highest BCUT2D eigenvalue weighted by Crippen LogP contribution is 2.31. The Kier molecular flexibility index (Phi) is 4.77. The summed E-state index contributed by atoms with van der Waals surface area (Å²) in [6, 6.07) is 2.24. The van der Waals surface area contributed by atoms with Gasteiger partial charge in [0, 0.05) is 24.7 Å². The number of rotatable bonds is 4. The smallest absolute Gasteiger partial charge is 0.294 e. The van der Waals surface area contributed by atoms with Crippen molar-refractivity contribution >= 4 is 23.0 Å². The van der Waals surface area contributed by atoms with Crippen molar-refractivity contribution in [1.29, 1.82) is 0 Å². The Bertz CT molecular complexity index is 513. The molecular weight excluding hydrogens is 285 g/mol. The number of hydrogen-bond acceptors (Lipinski definition) is 4. The second-order valence-corrected chi connectivity index (χ2v) is 5.32. The molecule has 0 aromatic heterocycles. The quantitative estimate of drug-likeness (QED) is 0.685. The molecule has 7 heteroatoms. The summed E-state index contributed by atoms with van der Waals surface area (Å²) in [6.07, 6.45) is 1.94. The molecule has 5 nitrogen and oxygen atoms in total. The number of piperidine rings is 1. The van der Waals surface area contributed by atoms with Crippen molar-refractivity contribution in [2.75, 3.05) is 25.0 Å². The van der Waals surface area contributed by atoms with Crippen LogP contribution in [0.25, 0.3) is 0 Å². The molecule has 0 spiro atoms. The number of hydrogen-bond donors (Lipinski definition) is 1. The molecule has 1 N–H and O–H groups in total. The molecule has 0 radical (unpaired) electrons. The first-order valence-electron chi connectivity index (χ1n) is 6.63. The highest BCUT2D eigenvalue weighted by atomic mass is 35.5. The van der Waals surface area contributed by atoms with Crippen molar-refractivity contribution in [3.05, 3.63) is 33.1 Å². The Morgan fingerprint density at radius 3 is 3.00 bits per heavy atom. The van der Waals surface area contributed by atoms with Crippen LogP contribution in [0.2, 0.25) is 5.02 Å². The third-order valence-corrected chi connectivity index (χ3v) is 3.84. The minimum Gasteiger partial charge on any atom is -0.375 e. The summed E-state index contributed by atoms with van der Waals surface area (Å²) in [4.78, 5) is 12.7. The molecule has 1 aliphatic rings. The van der Waals surface area contributed by atoms with Gasteiger partial charge in [-0.05, 0) is 25.9 Å². The van der Waals surface area contributed by atoms with Crippen LogP contribution in [0.1, 0.15) is 19.8 Å². The Morgan fingerprint density at radius 1 is 1.60 bits per heavy atom. The maximum absolute atomic E-state index is 13.5. The third kappa shape index (κ3) is 3.37. The van der Waals surface area contributed by atoms with E-state index in [1.165, 1.54) is 0 Å². The molecular formula is C13H17ClFN3O2. The Balaban J connectivity index is 2.19. The number of nitro groups is 1. The second kappa shape index (κ2) is 6.37. The highest BCUT2D eigenvalue weighted by Gasteiger charge is 2.23. The van der Waals surface area contributed by atoms with Crippen molar-refractivity contribution in [1.82, 2.24) is 4.90 Å². The molecule has 1 aromatic carbocycles.